The number of rotatable bonds is 4. The minimum atomic E-state index is -0.492. The Kier molecular flexibility index (Phi) is 4.26. The molecule has 5 heteroatoms. The third-order valence-corrected chi connectivity index (χ3v) is 2.89. The minimum absolute atomic E-state index is 0.0526. The Bertz CT molecular complexity index is 281. The molecule has 0 aromatic heterocycles. The molecule has 0 radical (unpaired) electrons. The maximum atomic E-state index is 12.1. The number of alkyl halides is 1. The fourth-order valence-corrected chi connectivity index (χ4v) is 1.83. The van der Waals surface area contributed by atoms with E-state index < -0.39 is 18.8 Å². The molecule has 2 atom stereocenters. The number of piperazine rings is 1. The van der Waals surface area contributed by atoms with E-state index in [4.69, 9.17) is 0 Å². The smallest absolute Gasteiger partial charge is 0.246 e. The van der Waals surface area contributed by atoms with Crippen molar-refractivity contribution in [3.05, 3.63) is 0 Å². The number of hydrogen-bond donors (Lipinski definition) is 1. The molecule has 0 aliphatic carbocycles. The van der Waals surface area contributed by atoms with Gasteiger partial charge in [0.2, 0.25) is 11.8 Å². The van der Waals surface area contributed by atoms with Gasteiger partial charge in [-0.15, -0.1) is 0 Å². The normalized spacial score (nSPS) is 26.2. The van der Waals surface area contributed by atoms with Crippen LogP contribution in [0.15, 0.2) is 0 Å². The van der Waals surface area contributed by atoms with Gasteiger partial charge in [0.05, 0.1) is 6.67 Å². The lowest BCUT2D eigenvalue weighted by molar-refractivity contribution is -0.149. The summed E-state index contributed by atoms with van der Waals surface area (Å²) in [6.07, 6.45) is 0.286. The van der Waals surface area contributed by atoms with Crippen LogP contribution in [-0.4, -0.2) is 42.0 Å². The first kappa shape index (κ1) is 12.9. The van der Waals surface area contributed by atoms with Gasteiger partial charge in [-0.1, -0.05) is 13.8 Å². The highest BCUT2D eigenvalue weighted by molar-refractivity contribution is 5.96. The second-order valence-electron chi connectivity index (χ2n) is 4.48. The van der Waals surface area contributed by atoms with Crippen LogP contribution >= 0.6 is 0 Å². The van der Waals surface area contributed by atoms with E-state index in [1.54, 1.807) is 6.92 Å². The second-order valence-corrected chi connectivity index (χ2v) is 4.48. The minimum Gasteiger partial charge on any atom is -0.342 e. The molecule has 0 bridgehead atoms. The molecule has 0 aromatic carbocycles. The molecule has 16 heavy (non-hydrogen) atoms. The van der Waals surface area contributed by atoms with E-state index in [2.05, 4.69) is 5.32 Å². The molecule has 92 valence electrons. The van der Waals surface area contributed by atoms with Crippen LogP contribution in [0.5, 0.6) is 0 Å². The van der Waals surface area contributed by atoms with E-state index >= 15 is 0 Å². The Morgan fingerprint density at radius 2 is 2.06 bits per heavy atom. The van der Waals surface area contributed by atoms with Gasteiger partial charge in [0, 0.05) is 6.54 Å². The lowest BCUT2D eigenvalue weighted by Crippen LogP contribution is -2.63. The van der Waals surface area contributed by atoms with E-state index in [0.717, 1.165) is 0 Å². The fraction of sp³-hybridized carbons (Fsp3) is 0.818. The molecule has 2 amide bonds. The summed E-state index contributed by atoms with van der Waals surface area (Å²) in [6, 6.07) is -0.961. The van der Waals surface area contributed by atoms with Crippen LogP contribution in [0.3, 0.4) is 0 Å². The molecule has 2 unspecified atom stereocenters. The van der Waals surface area contributed by atoms with Gasteiger partial charge in [-0.25, -0.2) is 0 Å². The monoisotopic (exact) mass is 230 g/mol. The molecule has 1 heterocycles. The van der Waals surface area contributed by atoms with Crippen LogP contribution in [0.25, 0.3) is 0 Å². The second kappa shape index (κ2) is 5.27. The van der Waals surface area contributed by atoms with Crippen molar-refractivity contribution >= 4 is 11.8 Å². The molecular formula is C11H19FN2O2. The van der Waals surface area contributed by atoms with Crippen molar-refractivity contribution < 1.29 is 14.0 Å². The van der Waals surface area contributed by atoms with Crippen molar-refractivity contribution in [1.29, 1.82) is 0 Å². The highest BCUT2D eigenvalue weighted by atomic mass is 19.1. The summed E-state index contributed by atoms with van der Waals surface area (Å²) in [7, 11) is 0. The quantitative estimate of drug-likeness (QED) is 0.773. The molecule has 0 spiro atoms. The molecule has 1 saturated heterocycles. The molecule has 0 aromatic rings. The lowest BCUT2D eigenvalue weighted by Gasteiger charge is -2.38. The zero-order valence-electron chi connectivity index (χ0n) is 10.00. The van der Waals surface area contributed by atoms with Gasteiger partial charge in [0.25, 0.3) is 0 Å². The summed E-state index contributed by atoms with van der Waals surface area (Å²) in [6.45, 7) is 5.28. The van der Waals surface area contributed by atoms with Crippen molar-refractivity contribution in [1.82, 2.24) is 10.2 Å². The van der Waals surface area contributed by atoms with Crippen LogP contribution in [-0.2, 0) is 9.59 Å². The summed E-state index contributed by atoms with van der Waals surface area (Å²) < 4.78 is 12.1. The van der Waals surface area contributed by atoms with E-state index in [1.807, 2.05) is 13.8 Å². The summed E-state index contributed by atoms with van der Waals surface area (Å²) >= 11 is 0. The molecule has 0 saturated carbocycles. The number of hydrogen-bond acceptors (Lipinski definition) is 2. The third kappa shape index (κ3) is 2.51. The van der Waals surface area contributed by atoms with E-state index in [0.29, 0.717) is 6.54 Å². The number of nitrogens with one attached hydrogen (secondary N) is 1. The van der Waals surface area contributed by atoms with Crippen molar-refractivity contribution in [2.75, 3.05) is 13.2 Å². The first-order chi connectivity index (χ1) is 7.49. The Morgan fingerprint density at radius 3 is 2.56 bits per heavy atom. The zero-order chi connectivity index (χ0) is 12.3. The summed E-state index contributed by atoms with van der Waals surface area (Å²) in [4.78, 5) is 25.1. The Balaban J connectivity index is 2.78. The number of carbonyl (C=O) groups excluding carboxylic acids is 2. The topological polar surface area (TPSA) is 49.4 Å². The average molecular weight is 230 g/mol. The molecule has 4 nitrogen and oxygen atoms in total. The first-order valence-electron chi connectivity index (χ1n) is 5.65. The standard InChI is InChI=1S/C11H19FN2O2/c1-7(2)9-11(16)14(6-4-5-12)8(3)10(15)13-9/h7-9H,4-6H2,1-3H3,(H,13,15). The van der Waals surface area contributed by atoms with Crippen LogP contribution in [0.4, 0.5) is 4.39 Å². The van der Waals surface area contributed by atoms with Gasteiger partial charge < -0.3 is 10.2 Å². The van der Waals surface area contributed by atoms with Gasteiger partial charge in [-0.2, -0.15) is 0 Å². The molecule has 1 aliphatic rings. The average Bonchev–Trinajstić information content (AvgIpc) is 2.23. The number of halogens is 1. The van der Waals surface area contributed by atoms with Crippen LogP contribution in [0, 0.1) is 5.92 Å². The molecule has 1 rings (SSSR count). The highest BCUT2D eigenvalue weighted by Gasteiger charge is 2.38. The summed E-state index contributed by atoms with van der Waals surface area (Å²) in [5.74, 6) is -0.204. The number of carbonyl (C=O) groups is 2. The summed E-state index contributed by atoms with van der Waals surface area (Å²) in [5.41, 5.74) is 0. The Morgan fingerprint density at radius 1 is 1.44 bits per heavy atom. The van der Waals surface area contributed by atoms with Crippen molar-refractivity contribution in [3.8, 4) is 0 Å². The van der Waals surface area contributed by atoms with Gasteiger partial charge in [0.1, 0.15) is 12.1 Å². The largest absolute Gasteiger partial charge is 0.342 e. The van der Waals surface area contributed by atoms with Crippen LogP contribution in [0.1, 0.15) is 27.2 Å². The van der Waals surface area contributed by atoms with Gasteiger partial charge >= 0.3 is 0 Å². The molecule has 1 aliphatic heterocycles. The molecule has 1 fully saturated rings. The van der Waals surface area contributed by atoms with Crippen molar-refractivity contribution in [2.45, 2.75) is 39.3 Å². The zero-order valence-corrected chi connectivity index (χ0v) is 10.00. The van der Waals surface area contributed by atoms with Crippen LogP contribution < -0.4 is 5.32 Å². The van der Waals surface area contributed by atoms with E-state index in [9.17, 15) is 14.0 Å². The van der Waals surface area contributed by atoms with Gasteiger partial charge in [-0.05, 0) is 19.3 Å². The summed E-state index contributed by atoms with van der Waals surface area (Å²) in [5, 5.41) is 2.70. The molecular weight excluding hydrogens is 211 g/mol. The predicted molar refractivity (Wildman–Crippen MR) is 58.5 cm³/mol. The third-order valence-electron chi connectivity index (χ3n) is 2.89. The van der Waals surface area contributed by atoms with Crippen molar-refractivity contribution in [2.24, 2.45) is 5.92 Å². The lowest BCUT2D eigenvalue weighted by atomic mass is 9.98. The number of amides is 2. The van der Waals surface area contributed by atoms with E-state index in [1.165, 1.54) is 4.90 Å². The first-order valence-corrected chi connectivity index (χ1v) is 5.65. The Labute approximate surface area is 95.2 Å². The fourth-order valence-electron chi connectivity index (χ4n) is 1.83. The highest BCUT2D eigenvalue weighted by Crippen LogP contribution is 2.15. The maximum Gasteiger partial charge on any atom is 0.246 e. The van der Waals surface area contributed by atoms with Crippen LogP contribution in [0.2, 0.25) is 0 Å². The molecule has 1 N–H and O–H groups in total. The maximum absolute atomic E-state index is 12.1. The Hall–Kier alpha value is -1.13. The number of nitrogens with zero attached hydrogens (tertiary/aromatic N) is 1. The van der Waals surface area contributed by atoms with Gasteiger partial charge in [0.15, 0.2) is 0 Å². The SMILES string of the molecule is CC(C)C1NC(=O)C(C)N(CCCF)C1=O. The predicted octanol–water partition coefficient (Wildman–Crippen LogP) is 0.717. The van der Waals surface area contributed by atoms with E-state index in [-0.39, 0.29) is 24.2 Å². The van der Waals surface area contributed by atoms with Crippen molar-refractivity contribution in [3.63, 3.8) is 0 Å². The van der Waals surface area contributed by atoms with Gasteiger partial charge in [-0.3, -0.25) is 14.0 Å².